The van der Waals surface area contributed by atoms with Gasteiger partial charge in [-0.3, -0.25) is 9.69 Å². The Morgan fingerprint density at radius 3 is 2.54 bits per heavy atom. The zero-order valence-corrected chi connectivity index (χ0v) is 14.5. The third-order valence-corrected chi connectivity index (χ3v) is 4.96. The van der Waals surface area contributed by atoms with Gasteiger partial charge >= 0.3 is 6.18 Å². The van der Waals surface area contributed by atoms with Crippen LogP contribution in [0.5, 0.6) is 0 Å². The van der Waals surface area contributed by atoms with E-state index in [1.54, 1.807) is 0 Å². The lowest BCUT2D eigenvalue weighted by molar-refractivity contribution is -0.137. The topological polar surface area (TPSA) is 53.6 Å². The molecule has 26 heavy (non-hydrogen) atoms. The van der Waals surface area contributed by atoms with Crippen molar-refractivity contribution < 1.29 is 22.7 Å². The van der Waals surface area contributed by atoms with Gasteiger partial charge in [0.2, 0.25) is 5.91 Å². The largest absolute Gasteiger partial charge is 0.416 e. The molecule has 3 rings (SSSR count). The smallest absolute Gasteiger partial charge is 0.379 e. The highest BCUT2D eigenvalue weighted by Crippen LogP contribution is 2.31. The van der Waals surface area contributed by atoms with Gasteiger partial charge in [-0.15, -0.1) is 0 Å². The molecule has 2 unspecified atom stereocenters. The molecular weight excluding hydrogens is 347 g/mol. The Morgan fingerprint density at radius 2 is 1.96 bits per heavy atom. The molecule has 1 aromatic carbocycles. The predicted octanol–water partition coefficient (Wildman–Crippen LogP) is 1.95. The number of ether oxygens (including phenoxy) is 1. The Bertz CT molecular complexity index is 595. The number of nitrogens with zero attached hydrogens (tertiary/aromatic N) is 1. The lowest BCUT2D eigenvalue weighted by atomic mass is 10.0. The third kappa shape index (κ3) is 4.75. The van der Waals surface area contributed by atoms with Gasteiger partial charge in [0.1, 0.15) is 0 Å². The second kappa shape index (κ2) is 8.37. The number of morpholine rings is 1. The van der Waals surface area contributed by atoms with Gasteiger partial charge in [-0.05, 0) is 37.1 Å². The highest BCUT2D eigenvalue weighted by atomic mass is 19.4. The van der Waals surface area contributed by atoms with Crippen LogP contribution in [0, 0.1) is 0 Å². The second-order valence-electron chi connectivity index (χ2n) is 6.68. The molecular formula is C18H24F3N3O2. The van der Waals surface area contributed by atoms with E-state index in [2.05, 4.69) is 15.5 Å². The first-order valence-corrected chi connectivity index (χ1v) is 8.95. The maximum atomic E-state index is 12.8. The maximum Gasteiger partial charge on any atom is 0.416 e. The molecule has 0 aromatic heterocycles. The molecule has 1 amide bonds. The van der Waals surface area contributed by atoms with Gasteiger partial charge in [0.15, 0.2) is 0 Å². The van der Waals surface area contributed by atoms with Crippen LogP contribution in [0.4, 0.5) is 13.2 Å². The van der Waals surface area contributed by atoms with E-state index in [-0.39, 0.29) is 18.0 Å². The molecule has 0 aliphatic carbocycles. The van der Waals surface area contributed by atoms with E-state index < -0.39 is 11.7 Å². The molecule has 2 saturated heterocycles. The number of benzene rings is 1. The molecule has 0 spiro atoms. The van der Waals surface area contributed by atoms with E-state index in [0.29, 0.717) is 32.8 Å². The van der Waals surface area contributed by atoms with Crippen molar-refractivity contribution in [3.8, 4) is 0 Å². The van der Waals surface area contributed by atoms with Gasteiger partial charge in [0.05, 0.1) is 30.9 Å². The minimum atomic E-state index is -4.35. The number of halogens is 3. The van der Waals surface area contributed by atoms with Crippen LogP contribution in [-0.2, 0) is 15.7 Å². The van der Waals surface area contributed by atoms with Crippen LogP contribution in [-0.4, -0.2) is 56.2 Å². The van der Waals surface area contributed by atoms with Gasteiger partial charge in [-0.25, -0.2) is 0 Å². The highest BCUT2D eigenvalue weighted by molar-refractivity contribution is 5.82. The Hall–Kier alpha value is -1.64. The van der Waals surface area contributed by atoms with E-state index in [0.717, 1.165) is 37.1 Å². The summed E-state index contributed by atoms with van der Waals surface area (Å²) in [5.74, 6) is -0.0485. The normalized spacial score (nSPS) is 23.0. The number of carbonyl (C=O) groups excluding carboxylic acids is 1. The minimum Gasteiger partial charge on any atom is -0.379 e. The number of amides is 1. The summed E-state index contributed by atoms with van der Waals surface area (Å²) in [6.45, 7) is 3.73. The lowest BCUT2D eigenvalue weighted by Gasteiger charge is -2.35. The van der Waals surface area contributed by atoms with Crippen molar-refractivity contribution in [1.29, 1.82) is 0 Å². The minimum absolute atomic E-state index is 0.0485. The van der Waals surface area contributed by atoms with Crippen molar-refractivity contribution in [3.63, 3.8) is 0 Å². The molecule has 0 bridgehead atoms. The first-order valence-electron chi connectivity index (χ1n) is 8.95. The summed E-state index contributed by atoms with van der Waals surface area (Å²) in [7, 11) is 0. The molecule has 144 valence electrons. The molecule has 2 atom stereocenters. The second-order valence-corrected chi connectivity index (χ2v) is 6.68. The van der Waals surface area contributed by atoms with Crippen LogP contribution in [0.1, 0.15) is 30.0 Å². The van der Waals surface area contributed by atoms with E-state index in [1.165, 1.54) is 12.1 Å². The van der Waals surface area contributed by atoms with Crippen molar-refractivity contribution in [1.82, 2.24) is 15.5 Å². The Kier molecular flexibility index (Phi) is 6.16. The summed E-state index contributed by atoms with van der Waals surface area (Å²) in [6, 6.07) is 4.86. The number of carbonyl (C=O) groups is 1. The third-order valence-electron chi connectivity index (χ3n) is 4.96. The maximum absolute atomic E-state index is 12.8. The average Bonchev–Trinajstić information content (AvgIpc) is 3.17. The number of nitrogens with one attached hydrogen (secondary N) is 2. The van der Waals surface area contributed by atoms with Crippen LogP contribution in [0.25, 0.3) is 0 Å². The molecule has 0 radical (unpaired) electrons. The molecule has 2 fully saturated rings. The SMILES string of the molecule is O=C(NCC(c1ccc(C(F)(F)F)cc1)N1CCOCC1)C1CCCN1. The number of alkyl halides is 3. The van der Waals surface area contributed by atoms with Gasteiger partial charge < -0.3 is 15.4 Å². The number of rotatable bonds is 5. The molecule has 0 saturated carbocycles. The van der Waals surface area contributed by atoms with Crippen LogP contribution in [0.2, 0.25) is 0 Å². The van der Waals surface area contributed by atoms with Crippen LogP contribution in [0.3, 0.4) is 0 Å². The zero-order chi connectivity index (χ0) is 18.6. The molecule has 1 aromatic rings. The molecule has 2 aliphatic heterocycles. The van der Waals surface area contributed by atoms with Gasteiger partial charge in [0.25, 0.3) is 0 Å². The summed E-state index contributed by atoms with van der Waals surface area (Å²) in [4.78, 5) is 14.4. The summed E-state index contributed by atoms with van der Waals surface area (Å²) in [5, 5.41) is 6.11. The Labute approximate surface area is 150 Å². The highest BCUT2D eigenvalue weighted by Gasteiger charge is 2.31. The van der Waals surface area contributed by atoms with Crippen molar-refractivity contribution >= 4 is 5.91 Å². The quantitative estimate of drug-likeness (QED) is 0.831. The molecule has 2 heterocycles. The van der Waals surface area contributed by atoms with Crippen molar-refractivity contribution in [2.45, 2.75) is 31.1 Å². The monoisotopic (exact) mass is 371 g/mol. The van der Waals surface area contributed by atoms with Crippen molar-refractivity contribution in [2.24, 2.45) is 0 Å². The van der Waals surface area contributed by atoms with Gasteiger partial charge in [0, 0.05) is 19.6 Å². The Balaban J connectivity index is 1.71. The summed E-state index contributed by atoms with van der Waals surface area (Å²) in [5.41, 5.74) is 0.0979. The van der Waals surface area contributed by atoms with E-state index >= 15 is 0 Å². The van der Waals surface area contributed by atoms with Crippen molar-refractivity contribution in [3.05, 3.63) is 35.4 Å². The summed E-state index contributed by atoms with van der Waals surface area (Å²) in [6.07, 6.45) is -2.56. The fraction of sp³-hybridized carbons (Fsp3) is 0.611. The molecule has 5 nitrogen and oxygen atoms in total. The van der Waals surface area contributed by atoms with Crippen molar-refractivity contribution in [2.75, 3.05) is 39.4 Å². The van der Waals surface area contributed by atoms with Crippen LogP contribution in [0.15, 0.2) is 24.3 Å². The average molecular weight is 371 g/mol. The molecule has 2 N–H and O–H groups in total. The van der Waals surface area contributed by atoms with Crippen LogP contribution >= 0.6 is 0 Å². The predicted molar refractivity (Wildman–Crippen MR) is 90.6 cm³/mol. The van der Waals surface area contributed by atoms with E-state index in [9.17, 15) is 18.0 Å². The molecule has 2 aliphatic rings. The zero-order valence-electron chi connectivity index (χ0n) is 14.5. The van der Waals surface area contributed by atoms with E-state index in [4.69, 9.17) is 4.74 Å². The van der Waals surface area contributed by atoms with Gasteiger partial charge in [-0.1, -0.05) is 12.1 Å². The summed E-state index contributed by atoms with van der Waals surface area (Å²) >= 11 is 0. The van der Waals surface area contributed by atoms with E-state index in [1.807, 2.05) is 0 Å². The number of hydrogen-bond acceptors (Lipinski definition) is 4. The fourth-order valence-electron chi connectivity index (χ4n) is 3.47. The lowest BCUT2D eigenvalue weighted by Crippen LogP contribution is -2.47. The first kappa shape index (κ1) is 19.1. The van der Waals surface area contributed by atoms with Crippen LogP contribution < -0.4 is 10.6 Å². The summed E-state index contributed by atoms with van der Waals surface area (Å²) < 4.78 is 43.8. The molecule has 8 heteroatoms. The first-order chi connectivity index (χ1) is 12.4. The standard InChI is InChI=1S/C18H24F3N3O2/c19-18(20,21)14-5-3-13(4-6-14)16(24-8-10-26-11-9-24)12-23-17(25)15-2-1-7-22-15/h3-6,15-16,22H,1-2,7-12H2,(H,23,25). The fourth-order valence-corrected chi connectivity index (χ4v) is 3.47. The Morgan fingerprint density at radius 1 is 1.27 bits per heavy atom. The number of hydrogen-bond donors (Lipinski definition) is 2. The van der Waals surface area contributed by atoms with Gasteiger partial charge in [-0.2, -0.15) is 13.2 Å².